The van der Waals surface area contributed by atoms with E-state index in [0.29, 0.717) is 13.1 Å². The SMILES string of the molecule is O=S(=O)(NCCn1ccc2ccccc21)c1ccc(Br)cc1. The van der Waals surface area contributed by atoms with Crippen molar-refractivity contribution in [3.8, 4) is 0 Å². The maximum Gasteiger partial charge on any atom is 0.240 e. The van der Waals surface area contributed by atoms with Gasteiger partial charge in [-0.05, 0) is 41.8 Å². The molecule has 6 heteroatoms. The Kier molecular flexibility index (Phi) is 4.33. The van der Waals surface area contributed by atoms with Crippen molar-refractivity contribution in [2.45, 2.75) is 11.4 Å². The van der Waals surface area contributed by atoms with Gasteiger partial charge in [-0.1, -0.05) is 34.1 Å². The highest BCUT2D eigenvalue weighted by Gasteiger charge is 2.13. The van der Waals surface area contributed by atoms with E-state index in [0.717, 1.165) is 15.4 Å². The van der Waals surface area contributed by atoms with Gasteiger partial charge in [0.25, 0.3) is 0 Å². The van der Waals surface area contributed by atoms with E-state index in [2.05, 4.69) is 20.7 Å². The number of benzene rings is 2. The average Bonchev–Trinajstić information content (AvgIpc) is 2.91. The topological polar surface area (TPSA) is 51.1 Å². The summed E-state index contributed by atoms with van der Waals surface area (Å²) in [5.74, 6) is 0. The second-order valence-electron chi connectivity index (χ2n) is 4.92. The normalized spacial score (nSPS) is 11.9. The van der Waals surface area contributed by atoms with Gasteiger partial charge in [0.05, 0.1) is 4.90 Å². The van der Waals surface area contributed by atoms with E-state index in [4.69, 9.17) is 0 Å². The Bertz CT molecular complexity index is 886. The molecule has 1 aromatic heterocycles. The third-order valence-corrected chi connectivity index (χ3v) is 5.45. The molecule has 0 aliphatic heterocycles. The van der Waals surface area contributed by atoms with Gasteiger partial charge in [-0.2, -0.15) is 0 Å². The van der Waals surface area contributed by atoms with Crippen LogP contribution in [-0.2, 0) is 16.6 Å². The third-order valence-electron chi connectivity index (χ3n) is 3.45. The number of sulfonamides is 1. The number of hydrogen-bond acceptors (Lipinski definition) is 2. The molecule has 3 rings (SSSR count). The van der Waals surface area contributed by atoms with Crippen molar-refractivity contribution in [2.75, 3.05) is 6.54 Å². The Morgan fingerprint density at radius 1 is 1.00 bits per heavy atom. The summed E-state index contributed by atoms with van der Waals surface area (Å²) in [6.45, 7) is 0.931. The zero-order chi connectivity index (χ0) is 15.6. The lowest BCUT2D eigenvalue weighted by atomic mass is 10.2. The van der Waals surface area contributed by atoms with Crippen molar-refractivity contribution in [2.24, 2.45) is 0 Å². The minimum absolute atomic E-state index is 0.271. The number of fused-ring (bicyclic) bond motifs is 1. The Hall–Kier alpha value is -1.63. The molecule has 0 radical (unpaired) electrons. The fourth-order valence-corrected chi connectivity index (χ4v) is 3.62. The van der Waals surface area contributed by atoms with E-state index >= 15 is 0 Å². The van der Waals surface area contributed by atoms with Crippen LogP contribution in [0.1, 0.15) is 0 Å². The molecule has 114 valence electrons. The molecule has 0 fully saturated rings. The second-order valence-corrected chi connectivity index (χ2v) is 7.60. The molecule has 1 N–H and O–H groups in total. The monoisotopic (exact) mass is 378 g/mol. The summed E-state index contributed by atoms with van der Waals surface area (Å²) in [5.41, 5.74) is 1.10. The quantitative estimate of drug-likeness (QED) is 0.739. The fraction of sp³-hybridized carbons (Fsp3) is 0.125. The predicted octanol–water partition coefficient (Wildman–Crippen LogP) is 3.38. The number of rotatable bonds is 5. The zero-order valence-electron chi connectivity index (χ0n) is 11.7. The molecule has 22 heavy (non-hydrogen) atoms. The van der Waals surface area contributed by atoms with Crippen LogP contribution in [0, 0.1) is 0 Å². The minimum atomic E-state index is -3.47. The molecule has 3 aromatic rings. The molecule has 0 saturated carbocycles. The van der Waals surface area contributed by atoms with Crippen molar-refractivity contribution in [3.63, 3.8) is 0 Å². The smallest absolute Gasteiger partial charge is 0.240 e. The van der Waals surface area contributed by atoms with Gasteiger partial charge < -0.3 is 4.57 Å². The molecule has 0 saturated heterocycles. The first kappa shape index (κ1) is 15.3. The van der Waals surface area contributed by atoms with Crippen LogP contribution in [0.3, 0.4) is 0 Å². The van der Waals surface area contributed by atoms with Gasteiger partial charge >= 0.3 is 0 Å². The van der Waals surface area contributed by atoms with Gasteiger partial charge in [-0.25, -0.2) is 13.1 Å². The zero-order valence-corrected chi connectivity index (χ0v) is 14.1. The summed E-state index contributed by atoms with van der Waals surface area (Å²) >= 11 is 3.30. The van der Waals surface area contributed by atoms with Crippen molar-refractivity contribution in [1.82, 2.24) is 9.29 Å². The number of para-hydroxylation sites is 1. The van der Waals surface area contributed by atoms with Crippen LogP contribution in [0.15, 0.2) is 70.2 Å². The summed E-state index contributed by atoms with van der Waals surface area (Å²) < 4.78 is 29.9. The van der Waals surface area contributed by atoms with Crippen LogP contribution >= 0.6 is 15.9 Å². The van der Waals surface area contributed by atoms with E-state index in [9.17, 15) is 8.42 Å². The van der Waals surface area contributed by atoms with Gasteiger partial charge in [0.1, 0.15) is 0 Å². The number of aromatic nitrogens is 1. The molecule has 2 aromatic carbocycles. The highest BCUT2D eigenvalue weighted by Crippen LogP contribution is 2.16. The second kappa shape index (κ2) is 6.24. The summed E-state index contributed by atoms with van der Waals surface area (Å²) in [6, 6.07) is 16.7. The van der Waals surface area contributed by atoms with Crippen LogP contribution in [0.2, 0.25) is 0 Å². The van der Waals surface area contributed by atoms with Crippen molar-refractivity contribution in [1.29, 1.82) is 0 Å². The summed E-state index contributed by atoms with van der Waals surface area (Å²) in [5, 5.41) is 1.15. The van der Waals surface area contributed by atoms with Crippen molar-refractivity contribution < 1.29 is 8.42 Å². The standard InChI is InChI=1S/C16H15BrN2O2S/c17-14-5-7-15(8-6-14)22(20,21)18-10-12-19-11-9-13-3-1-2-4-16(13)19/h1-9,11,18H,10,12H2. The molecule has 0 atom stereocenters. The lowest BCUT2D eigenvalue weighted by Crippen LogP contribution is -2.27. The summed E-state index contributed by atoms with van der Waals surface area (Å²) in [6.07, 6.45) is 1.97. The third kappa shape index (κ3) is 3.24. The first-order chi connectivity index (χ1) is 10.6. The molecule has 4 nitrogen and oxygen atoms in total. The first-order valence-corrected chi connectivity index (χ1v) is 9.13. The summed E-state index contributed by atoms with van der Waals surface area (Å²) in [7, 11) is -3.47. The lowest BCUT2D eigenvalue weighted by Gasteiger charge is -2.08. The molecule has 0 aliphatic carbocycles. The molecule has 0 amide bonds. The number of halogens is 1. The number of hydrogen-bond donors (Lipinski definition) is 1. The maximum absolute atomic E-state index is 12.2. The van der Waals surface area contributed by atoms with Crippen LogP contribution < -0.4 is 4.72 Å². The molecular weight excluding hydrogens is 364 g/mol. The van der Waals surface area contributed by atoms with Gasteiger partial charge in [0.15, 0.2) is 0 Å². The number of nitrogens with one attached hydrogen (secondary N) is 1. The number of nitrogens with zero attached hydrogens (tertiary/aromatic N) is 1. The Balaban J connectivity index is 1.68. The predicted molar refractivity (Wildman–Crippen MR) is 91.3 cm³/mol. The highest BCUT2D eigenvalue weighted by molar-refractivity contribution is 9.10. The largest absolute Gasteiger partial charge is 0.346 e. The van der Waals surface area contributed by atoms with E-state index < -0.39 is 10.0 Å². The Morgan fingerprint density at radius 3 is 2.50 bits per heavy atom. The van der Waals surface area contributed by atoms with Crippen LogP contribution in [0.4, 0.5) is 0 Å². The summed E-state index contributed by atoms with van der Waals surface area (Å²) in [4.78, 5) is 0.271. The van der Waals surface area contributed by atoms with E-state index in [1.54, 1.807) is 24.3 Å². The van der Waals surface area contributed by atoms with Crippen LogP contribution in [-0.4, -0.2) is 19.5 Å². The highest BCUT2D eigenvalue weighted by atomic mass is 79.9. The molecular formula is C16H15BrN2O2S. The first-order valence-electron chi connectivity index (χ1n) is 6.85. The van der Waals surface area contributed by atoms with Gasteiger partial charge in [-0.15, -0.1) is 0 Å². The van der Waals surface area contributed by atoms with E-state index in [1.807, 2.05) is 41.1 Å². The maximum atomic E-state index is 12.2. The molecule has 0 aliphatic rings. The van der Waals surface area contributed by atoms with Crippen LogP contribution in [0.5, 0.6) is 0 Å². The van der Waals surface area contributed by atoms with Gasteiger partial charge in [-0.3, -0.25) is 0 Å². The molecule has 0 bridgehead atoms. The average molecular weight is 379 g/mol. The van der Waals surface area contributed by atoms with Crippen molar-refractivity contribution >= 4 is 36.9 Å². The van der Waals surface area contributed by atoms with Crippen molar-refractivity contribution in [3.05, 3.63) is 65.3 Å². The Morgan fingerprint density at radius 2 is 1.73 bits per heavy atom. The van der Waals surface area contributed by atoms with Gasteiger partial charge in [0, 0.05) is 29.3 Å². The Labute approximate surface area is 137 Å². The molecule has 0 unspecified atom stereocenters. The lowest BCUT2D eigenvalue weighted by molar-refractivity contribution is 0.574. The van der Waals surface area contributed by atoms with Gasteiger partial charge in [0.2, 0.25) is 10.0 Å². The fourth-order valence-electron chi connectivity index (χ4n) is 2.33. The minimum Gasteiger partial charge on any atom is -0.346 e. The molecule has 1 heterocycles. The van der Waals surface area contributed by atoms with Crippen LogP contribution in [0.25, 0.3) is 10.9 Å². The molecule has 0 spiro atoms. The van der Waals surface area contributed by atoms with E-state index in [-0.39, 0.29) is 4.90 Å². The van der Waals surface area contributed by atoms with E-state index in [1.165, 1.54) is 0 Å².